The van der Waals surface area contributed by atoms with Crippen LogP contribution in [0, 0.1) is 15.9 Å². The number of hydrogen-bond donors (Lipinski definition) is 0. The third-order valence-electron chi connectivity index (χ3n) is 3.77. The molecular weight excluding hydrogens is 293 g/mol. The summed E-state index contributed by atoms with van der Waals surface area (Å²) in [4.78, 5) is 14.7. The highest BCUT2D eigenvalue weighted by Crippen LogP contribution is 2.34. The summed E-state index contributed by atoms with van der Waals surface area (Å²) >= 11 is 0. The van der Waals surface area contributed by atoms with Crippen LogP contribution >= 0.6 is 0 Å². The highest BCUT2D eigenvalue weighted by molar-refractivity contribution is 5.66. The molecule has 1 aromatic rings. The van der Waals surface area contributed by atoms with Crippen LogP contribution in [0.15, 0.2) is 12.1 Å². The molecule has 22 heavy (non-hydrogen) atoms. The van der Waals surface area contributed by atoms with Gasteiger partial charge in [0.1, 0.15) is 5.69 Å². The Morgan fingerprint density at radius 3 is 2.50 bits per heavy atom. The number of nitrogens with zero attached hydrogens (tertiary/aromatic N) is 3. The lowest BCUT2D eigenvalue weighted by Crippen LogP contribution is -2.47. The first-order valence-electron chi connectivity index (χ1n) is 7.05. The summed E-state index contributed by atoms with van der Waals surface area (Å²) in [6.45, 7) is 4.32. The zero-order chi connectivity index (χ0) is 16.1. The van der Waals surface area contributed by atoms with Crippen LogP contribution < -0.4 is 9.64 Å². The van der Waals surface area contributed by atoms with E-state index in [9.17, 15) is 14.5 Å². The highest BCUT2D eigenvalue weighted by atomic mass is 19.1. The van der Waals surface area contributed by atoms with Gasteiger partial charge in [0.25, 0.3) is 5.69 Å². The van der Waals surface area contributed by atoms with Crippen molar-refractivity contribution < 1.29 is 18.8 Å². The Bertz CT molecular complexity index is 533. The smallest absolute Gasteiger partial charge is 0.295 e. The SMILES string of the molecule is COCCN1CCN(c2cc(OC)c(F)cc2[N+](=O)[O-])CC1. The third kappa shape index (κ3) is 3.63. The van der Waals surface area contributed by atoms with Gasteiger partial charge in [0.05, 0.1) is 24.7 Å². The minimum atomic E-state index is -0.725. The minimum Gasteiger partial charge on any atom is -0.494 e. The van der Waals surface area contributed by atoms with E-state index in [-0.39, 0.29) is 11.4 Å². The van der Waals surface area contributed by atoms with E-state index in [1.54, 1.807) is 7.11 Å². The van der Waals surface area contributed by atoms with Crippen LogP contribution in [-0.4, -0.2) is 63.4 Å². The molecule has 1 saturated heterocycles. The fraction of sp³-hybridized carbons (Fsp3) is 0.571. The van der Waals surface area contributed by atoms with E-state index in [4.69, 9.17) is 9.47 Å². The van der Waals surface area contributed by atoms with Crippen molar-refractivity contribution in [1.29, 1.82) is 0 Å². The summed E-state index contributed by atoms with van der Waals surface area (Å²) in [5.74, 6) is -0.709. The topological polar surface area (TPSA) is 68.1 Å². The number of anilines is 1. The van der Waals surface area contributed by atoms with Crippen LogP contribution in [0.3, 0.4) is 0 Å². The molecule has 0 unspecified atom stereocenters. The van der Waals surface area contributed by atoms with E-state index in [0.29, 0.717) is 25.4 Å². The molecule has 122 valence electrons. The summed E-state index contributed by atoms with van der Waals surface area (Å²) < 4.78 is 23.7. The van der Waals surface area contributed by atoms with Crippen molar-refractivity contribution in [3.8, 4) is 5.75 Å². The number of halogens is 1. The van der Waals surface area contributed by atoms with Crippen LogP contribution in [-0.2, 0) is 4.74 Å². The van der Waals surface area contributed by atoms with E-state index in [0.717, 1.165) is 25.7 Å². The standard InChI is InChI=1S/C14H20FN3O4/c1-21-8-7-16-3-5-17(6-4-16)12-10-14(22-2)11(15)9-13(12)18(19)20/h9-10H,3-8H2,1-2H3. The molecule has 8 heteroatoms. The second kappa shape index (κ2) is 7.37. The van der Waals surface area contributed by atoms with Gasteiger partial charge in [-0.05, 0) is 0 Å². The quantitative estimate of drug-likeness (QED) is 0.586. The average molecular weight is 313 g/mol. The maximum atomic E-state index is 13.7. The second-order valence-corrected chi connectivity index (χ2v) is 5.05. The Morgan fingerprint density at radius 1 is 1.27 bits per heavy atom. The zero-order valence-corrected chi connectivity index (χ0v) is 12.7. The Hall–Kier alpha value is -1.93. The maximum Gasteiger partial charge on any atom is 0.295 e. The number of rotatable bonds is 6. The molecule has 2 rings (SSSR count). The molecule has 0 bridgehead atoms. The Morgan fingerprint density at radius 2 is 1.95 bits per heavy atom. The van der Waals surface area contributed by atoms with Crippen LogP contribution in [0.5, 0.6) is 5.75 Å². The van der Waals surface area contributed by atoms with Gasteiger partial charge < -0.3 is 14.4 Å². The van der Waals surface area contributed by atoms with Crippen LogP contribution in [0.4, 0.5) is 15.8 Å². The first-order valence-corrected chi connectivity index (χ1v) is 7.05. The summed E-state index contributed by atoms with van der Waals surface area (Å²) in [6, 6.07) is 2.32. The number of benzene rings is 1. The number of ether oxygens (including phenoxy) is 2. The molecule has 0 saturated carbocycles. The van der Waals surface area contributed by atoms with Crippen molar-refractivity contribution >= 4 is 11.4 Å². The number of methoxy groups -OCH3 is 2. The Balaban J connectivity index is 2.16. The molecular formula is C14H20FN3O4. The average Bonchev–Trinajstić information content (AvgIpc) is 2.53. The maximum absolute atomic E-state index is 13.7. The lowest BCUT2D eigenvalue weighted by atomic mass is 10.2. The van der Waals surface area contributed by atoms with E-state index in [1.165, 1.54) is 13.2 Å². The minimum absolute atomic E-state index is 0.0161. The largest absolute Gasteiger partial charge is 0.494 e. The summed E-state index contributed by atoms with van der Waals surface area (Å²) in [5, 5.41) is 11.2. The van der Waals surface area contributed by atoms with Gasteiger partial charge in [0, 0.05) is 45.9 Å². The van der Waals surface area contributed by atoms with Crippen molar-refractivity contribution in [3.63, 3.8) is 0 Å². The van der Waals surface area contributed by atoms with Crippen LogP contribution in [0.25, 0.3) is 0 Å². The number of nitro groups is 1. The molecule has 1 aliphatic rings. The first kappa shape index (κ1) is 16.4. The molecule has 0 atom stereocenters. The third-order valence-corrected chi connectivity index (χ3v) is 3.77. The van der Waals surface area contributed by atoms with Crippen molar-refractivity contribution in [2.24, 2.45) is 0 Å². The van der Waals surface area contributed by atoms with Gasteiger partial charge in [-0.15, -0.1) is 0 Å². The lowest BCUT2D eigenvalue weighted by molar-refractivity contribution is -0.384. The van der Waals surface area contributed by atoms with Crippen molar-refractivity contribution in [2.45, 2.75) is 0 Å². The van der Waals surface area contributed by atoms with E-state index in [2.05, 4.69) is 4.90 Å². The highest BCUT2D eigenvalue weighted by Gasteiger charge is 2.26. The van der Waals surface area contributed by atoms with Gasteiger partial charge in [-0.1, -0.05) is 0 Å². The lowest BCUT2D eigenvalue weighted by Gasteiger charge is -2.35. The number of nitro benzene ring substituents is 1. The van der Waals surface area contributed by atoms with Gasteiger partial charge in [-0.25, -0.2) is 4.39 Å². The molecule has 1 heterocycles. The van der Waals surface area contributed by atoms with E-state index < -0.39 is 10.7 Å². The van der Waals surface area contributed by atoms with Crippen LogP contribution in [0.1, 0.15) is 0 Å². The van der Waals surface area contributed by atoms with Crippen molar-refractivity contribution in [2.75, 3.05) is 58.5 Å². The zero-order valence-electron chi connectivity index (χ0n) is 12.7. The molecule has 0 aliphatic carbocycles. The monoisotopic (exact) mass is 313 g/mol. The molecule has 1 aliphatic heterocycles. The Kier molecular flexibility index (Phi) is 5.51. The van der Waals surface area contributed by atoms with Crippen molar-refractivity contribution in [1.82, 2.24) is 4.90 Å². The molecule has 0 aromatic heterocycles. The molecule has 1 aromatic carbocycles. The van der Waals surface area contributed by atoms with Gasteiger partial charge >= 0.3 is 0 Å². The molecule has 0 amide bonds. The van der Waals surface area contributed by atoms with Gasteiger partial charge in [-0.3, -0.25) is 15.0 Å². The van der Waals surface area contributed by atoms with E-state index in [1.807, 2.05) is 4.90 Å². The summed E-state index contributed by atoms with van der Waals surface area (Å²) in [6.07, 6.45) is 0. The molecule has 0 radical (unpaired) electrons. The molecule has 0 spiro atoms. The predicted molar refractivity (Wildman–Crippen MR) is 80.1 cm³/mol. The van der Waals surface area contributed by atoms with Crippen molar-refractivity contribution in [3.05, 3.63) is 28.1 Å². The molecule has 7 nitrogen and oxygen atoms in total. The second-order valence-electron chi connectivity index (χ2n) is 5.05. The fourth-order valence-electron chi connectivity index (χ4n) is 2.52. The number of hydrogen-bond acceptors (Lipinski definition) is 6. The summed E-state index contributed by atoms with van der Waals surface area (Å²) in [7, 11) is 3.00. The predicted octanol–water partition coefficient (Wildman–Crippen LogP) is 1.51. The Labute approximate surface area is 128 Å². The first-order chi connectivity index (χ1) is 10.6. The number of piperazine rings is 1. The molecule has 1 fully saturated rings. The van der Waals surface area contributed by atoms with Gasteiger partial charge in [-0.2, -0.15) is 0 Å². The van der Waals surface area contributed by atoms with E-state index >= 15 is 0 Å². The van der Waals surface area contributed by atoms with Gasteiger partial charge in [0.2, 0.25) is 0 Å². The molecule has 0 N–H and O–H groups in total. The van der Waals surface area contributed by atoms with Gasteiger partial charge in [0.15, 0.2) is 11.6 Å². The normalized spacial score (nSPS) is 15.9. The summed E-state index contributed by atoms with van der Waals surface area (Å²) in [5.41, 5.74) is 0.165. The fourth-order valence-corrected chi connectivity index (χ4v) is 2.52. The van der Waals surface area contributed by atoms with Crippen LogP contribution in [0.2, 0.25) is 0 Å².